The zero-order chi connectivity index (χ0) is 8.53. The summed E-state index contributed by atoms with van der Waals surface area (Å²) in [4.78, 5) is 0. The zero-order valence-electron chi connectivity index (χ0n) is 7.39. The van der Waals surface area contributed by atoms with Gasteiger partial charge in [0.15, 0.2) is 0 Å². The summed E-state index contributed by atoms with van der Waals surface area (Å²) in [6.07, 6.45) is 7.40. The van der Waals surface area contributed by atoms with Gasteiger partial charge in [-0.2, -0.15) is 0 Å². The Labute approximate surface area is 69.3 Å². The molecule has 0 saturated carbocycles. The van der Waals surface area contributed by atoms with Crippen LogP contribution in [-0.2, 0) is 4.74 Å². The summed E-state index contributed by atoms with van der Waals surface area (Å²) in [7, 11) is 1.72. The fraction of sp³-hybridized carbons (Fsp3) is 0.778. The molecule has 0 spiro atoms. The lowest BCUT2D eigenvalue weighted by Crippen LogP contribution is -2.25. The summed E-state index contributed by atoms with van der Waals surface area (Å²) < 4.78 is 4.91. The number of rotatable bonds is 6. The molecule has 0 heterocycles. The van der Waals surface area contributed by atoms with Crippen LogP contribution in [0.3, 0.4) is 0 Å². The molecule has 1 unspecified atom stereocenters. The summed E-state index contributed by atoms with van der Waals surface area (Å²) in [5.74, 6) is 2.61. The molecule has 1 atom stereocenters. The van der Waals surface area contributed by atoms with Gasteiger partial charge in [-0.1, -0.05) is 5.92 Å². The number of hydrogen-bond donors (Lipinski definition) is 1. The molecule has 2 nitrogen and oxygen atoms in total. The normalized spacial score (nSPS) is 12.5. The molecule has 0 radical (unpaired) electrons. The van der Waals surface area contributed by atoms with Crippen LogP contribution in [0.15, 0.2) is 0 Å². The van der Waals surface area contributed by atoms with Crippen LogP contribution in [0.5, 0.6) is 0 Å². The molecule has 0 amide bonds. The maximum atomic E-state index is 5.18. The van der Waals surface area contributed by atoms with Gasteiger partial charge in [0.1, 0.15) is 0 Å². The fourth-order valence-corrected chi connectivity index (χ4v) is 0.749. The molecule has 0 aliphatic rings. The Bertz CT molecular complexity index is 117. The van der Waals surface area contributed by atoms with Crippen molar-refractivity contribution in [3.8, 4) is 12.3 Å². The van der Waals surface area contributed by atoms with Crippen LogP contribution in [0.1, 0.15) is 19.8 Å². The zero-order valence-corrected chi connectivity index (χ0v) is 7.39. The smallest absolute Gasteiger partial charge is 0.0658 e. The molecule has 0 rings (SSSR count). The first-order valence-corrected chi connectivity index (χ1v) is 3.99. The monoisotopic (exact) mass is 155 g/mol. The third-order valence-corrected chi connectivity index (χ3v) is 1.48. The molecule has 0 fully saturated rings. The van der Waals surface area contributed by atoms with E-state index in [4.69, 9.17) is 11.2 Å². The predicted molar refractivity (Wildman–Crippen MR) is 47.4 cm³/mol. The van der Waals surface area contributed by atoms with Gasteiger partial charge in [-0.15, -0.1) is 6.42 Å². The highest BCUT2D eigenvalue weighted by atomic mass is 16.5. The van der Waals surface area contributed by atoms with Crippen LogP contribution < -0.4 is 5.32 Å². The first-order valence-electron chi connectivity index (χ1n) is 3.99. The van der Waals surface area contributed by atoms with E-state index in [9.17, 15) is 0 Å². The summed E-state index contributed by atoms with van der Waals surface area (Å²) in [5.41, 5.74) is 0. The van der Waals surface area contributed by atoms with E-state index in [2.05, 4.69) is 11.2 Å². The fourth-order valence-electron chi connectivity index (χ4n) is 0.749. The van der Waals surface area contributed by atoms with Crippen LogP contribution in [-0.4, -0.2) is 26.3 Å². The van der Waals surface area contributed by atoms with E-state index in [-0.39, 0.29) is 6.04 Å². The van der Waals surface area contributed by atoms with Crippen LogP contribution in [0.2, 0.25) is 0 Å². The van der Waals surface area contributed by atoms with Crippen LogP contribution in [0, 0.1) is 12.3 Å². The minimum atomic E-state index is 0.192. The molecule has 11 heavy (non-hydrogen) atoms. The minimum absolute atomic E-state index is 0.192. The molecule has 64 valence electrons. The molecular weight excluding hydrogens is 138 g/mol. The van der Waals surface area contributed by atoms with Crippen LogP contribution >= 0.6 is 0 Å². The van der Waals surface area contributed by atoms with E-state index in [0.717, 1.165) is 26.0 Å². The second kappa shape index (κ2) is 7.59. The van der Waals surface area contributed by atoms with Gasteiger partial charge >= 0.3 is 0 Å². The van der Waals surface area contributed by atoms with Crippen molar-refractivity contribution < 1.29 is 4.74 Å². The highest BCUT2D eigenvalue weighted by molar-refractivity contribution is 4.95. The van der Waals surface area contributed by atoms with E-state index >= 15 is 0 Å². The largest absolute Gasteiger partial charge is 0.385 e. The van der Waals surface area contributed by atoms with E-state index in [1.807, 2.05) is 6.92 Å². The second-order valence-corrected chi connectivity index (χ2v) is 2.54. The highest BCUT2D eigenvalue weighted by Gasteiger charge is 1.93. The van der Waals surface area contributed by atoms with Crippen molar-refractivity contribution in [2.24, 2.45) is 0 Å². The first kappa shape index (κ1) is 10.5. The molecule has 0 saturated heterocycles. The number of hydrogen-bond acceptors (Lipinski definition) is 2. The number of nitrogens with one attached hydrogen (secondary N) is 1. The average Bonchev–Trinajstić information content (AvgIpc) is 2.04. The lowest BCUT2D eigenvalue weighted by molar-refractivity contribution is 0.192. The lowest BCUT2D eigenvalue weighted by Gasteiger charge is -2.05. The van der Waals surface area contributed by atoms with Crippen molar-refractivity contribution in [3.05, 3.63) is 0 Å². The third kappa shape index (κ3) is 7.38. The van der Waals surface area contributed by atoms with Crippen molar-refractivity contribution in [1.82, 2.24) is 5.32 Å². The lowest BCUT2D eigenvalue weighted by atomic mass is 10.3. The van der Waals surface area contributed by atoms with E-state index in [0.29, 0.717) is 0 Å². The van der Waals surface area contributed by atoms with Gasteiger partial charge in [-0.3, -0.25) is 0 Å². The van der Waals surface area contributed by atoms with Crippen molar-refractivity contribution in [2.75, 3.05) is 20.3 Å². The number of unbranched alkanes of at least 4 members (excludes halogenated alkanes) is 1. The summed E-state index contributed by atoms with van der Waals surface area (Å²) >= 11 is 0. The average molecular weight is 155 g/mol. The minimum Gasteiger partial charge on any atom is -0.385 e. The second-order valence-electron chi connectivity index (χ2n) is 2.54. The molecule has 0 aromatic heterocycles. The molecule has 0 aromatic rings. The maximum Gasteiger partial charge on any atom is 0.0658 e. The maximum absolute atomic E-state index is 5.18. The Kier molecular flexibility index (Phi) is 7.23. The quantitative estimate of drug-likeness (QED) is 0.457. The van der Waals surface area contributed by atoms with Gasteiger partial charge in [0, 0.05) is 13.7 Å². The summed E-state index contributed by atoms with van der Waals surface area (Å²) in [6, 6.07) is 0.192. The van der Waals surface area contributed by atoms with Gasteiger partial charge in [0.2, 0.25) is 0 Å². The van der Waals surface area contributed by atoms with Crippen molar-refractivity contribution in [2.45, 2.75) is 25.8 Å². The Morgan fingerprint density at radius 1 is 1.55 bits per heavy atom. The van der Waals surface area contributed by atoms with Gasteiger partial charge < -0.3 is 10.1 Å². The van der Waals surface area contributed by atoms with Crippen molar-refractivity contribution >= 4 is 0 Å². The molecule has 0 aromatic carbocycles. The number of ether oxygens (including phenoxy) is 1. The Morgan fingerprint density at radius 2 is 2.27 bits per heavy atom. The molecule has 0 bridgehead atoms. The van der Waals surface area contributed by atoms with Crippen molar-refractivity contribution in [3.63, 3.8) is 0 Å². The topological polar surface area (TPSA) is 21.3 Å². The van der Waals surface area contributed by atoms with E-state index < -0.39 is 0 Å². The molecule has 2 heteroatoms. The van der Waals surface area contributed by atoms with Gasteiger partial charge in [0.25, 0.3) is 0 Å². The Morgan fingerprint density at radius 3 is 2.82 bits per heavy atom. The van der Waals surface area contributed by atoms with Crippen molar-refractivity contribution in [1.29, 1.82) is 0 Å². The van der Waals surface area contributed by atoms with E-state index in [1.165, 1.54) is 0 Å². The predicted octanol–water partition coefficient (Wildman–Crippen LogP) is 1.02. The number of terminal acetylenes is 1. The standard InChI is InChI=1S/C9H17NO/c1-4-9(2)10-7-5-6-8-11-3/h1,9-10H,5-8H2,2-3H3. The molecule has 1 N–H and O–H groups in total. The van der Waals surface area contributed by atoms with Crippen LogP contribution in [0.25, 0.3) is 0 Å². The highest BCUT2D eigenvalue weighted by Crippen LogP contribution is 1.87. The molecular formula is C9H17NO. The summed E-state index contributed by atoms with van der Waals surface area (Å²) in [6.45, 7) is 3.80. The number of methoxy groups -OCH3 is 1. The third-order valence-electron chi connectivity index (χ3n) is 1.48. The SMILES string of the molecule is C#CC(C)NCCCCOC. The molecule has 0 aliphatic carbocycles. The first-order chi connectivity index (χ1) is 5.31. The van der Waals surface area contributed by atoms with E-state index in [1.54, 1.807) is 7.11 Å². The summed E-state index contributed by atoms with van der Waals surface area (Å²) in [5, 5.41) is 3.20. The van der Waals surface area contributed by atoms with Gasteiger partial charge in [-0.25, -0.2) is 0 Å². The Hall–Kier alpha value is -0.520. The van der Waals surface area contributed by atoms with Gasteiger partial charge in [-0.05, 0) is 26.3 Å². The van der Waals surface area contributed by atoms with Gasteiger partial charge in [0.05, 0.1) is 6.04 Å². The molecule has 0 aliphatic heterocycles. The van der Waals surface area contributed by atoms with Crippen LogP contribution in [0.4, 0.5) is 0 Å². The Balaban J connectivity index is 2.97.